The Morgan fingerprint density at radius 1 is 0.312 bits per heavy atom. The third-order valence-electron chi connectivity index (χ3n) is 7.27. The highest BCUT2D eigenvalue weighted by atomic mass is 14.0. The predicted octanol–water partition coefficient (Wildman–Crippen LogP) is 12.5. The van der Waals surface area contributed by atoms with Gasteiger partial charge in [0.1, 0.15) is 0 Å². The number of allylic oxidation sites excluding steroid dienone is 1. The number of unbranched alkanes of at least 4 members (excludes halogenated alkanes) is 24. The molecule has 0 aromatic carbocycles. The Morgan fingerprint density at radius 2 is 0.500 bits per heavy atom. The van der Waals surface area contributed by atoms with E-state index >= 15 is 0 Å². The summed E-state index contributed by atoms with van der Waals surface area (Å²) in [4.78, 5) is 0. The van der Waals surface area contributed by atoms with Gasteiger partial charge in [0.15, 0.2) is 0 Å². The van der Waals surface area contributed by atoms with Crippen molar-refractivity contribution in [2.24, 2.45) is 0 Å². The molecule has 0 rings (SSSR count). The van der Waals surface area contributed by atoms with Gasteiger partial charge >= 0.3 is 0 Å². The molecule has 0 nitrogen and oxygen atoms in total. The normalized spacial score (nSPS) is 11.3. The van der Waals surface area contributed by atoms with E-state index in [-0.39, 0.29) is 0 Å². The third kappa shape index (κ3) is 27.8. The van der Waals surface area contributed by atoms with Crippen LogP contribution >= 0.6 is 0 Å². The van der Waals surface area contributed by atoms with Crippen LogP contribution in [0.25, 0.3) is 0 Å². The Morgan fingerprint density at radius 3 is 0.719 bits per heavy atom. The number of rotatable bonds is 28. The standard InChI is InChI=1S/C32H64/c1-4-6-8-10-12-14-15-16-17-18-19-20-21-23-25-27-29-31-32(3)30-28-26-24-22-13-11-9-7-5-2/h3-31H2,1-2H3. The molecule has 0 heterocycles. The molecule has 0 saturated carbocycles. The summed E-state index contributed by atoms with van der Waals surface area (Å²) in [7, 11) is 0. The lowest BCUT2D eigenvalue weighted by Gasteiger charge is -2.06. The molecular weight excluding hydrogens is 384 g/mol. The van der Waals surface area contributed by atoms with E-state index in [0.717, 1.165) is 0 Å². The second-order valence-electron chi connectivity index (χ2n) is 10.7. The van der Waals surface area contributed by atoms with Crippen molar-refractivity contribution in [3.05, 3.63) is 12.2 Å². The fraction of sp³-hybridized carbons (Fsp3) is 0.938. The summed E-state index contributed by atoms with van der Waals surface area (Å²) in [5.41, 5.74) is 1.52. The molecule has 0 aliphatic carbocycles. The van der Waals surface area contributed by atoms with Gasteiger partial charge < -0.3 is 0 Å². The summed E-state index contributed by atoms with van der Waals surface area (Å²) < 4.78 is 0. The fourth-order valence-corrected chi connectivity index (χ4v) is 4.91. The smallest absolute Gasteiger partial charge is 0.0323 e. The quantitative estimate of drug-likeness (QED) is 0.0824. The second kappa shape index (κ2) is 28.8. The van der Waals surface area contributed by atoms with Crippen molar-refractivity contribution in [2.75, 3.05) is 0 Å². The highest BCUT2D eigenvalue weighted by Gasteiger charge is 1.98. The van der Waals surface area contributed by atoms with Crippen LogP contribution in [0, 0.1) is 0 Å². The van der Waals surface area contributed by atoms with Crippen LogP contribution in [0.3, 0.4) is 0 Å². The molecule has 0 amide bonds. The van der Waals surface area contributed by atoms with Crippen molar-refractivity contribution in [1.82, 2.24) is 0 Å². The SMILES string of the molecule is C=C(CCCCCCCCCCC)CCCCCCCCCCCCCCCCCCC. The highest BCUT2D eigenvalue weighted by Crippen LogP contribution is 2.18. The molecule has 0 saturated heterocycles. The Labute approximate surface area is 205 Å². The summed E-state index contributed by atoms with van der Waals surface area (Å²) in [6.45, 7) is 8.94. The van der Waals surface area contributed by atoms with Crippen LogP contribution in [-0.2, 0) is 0 Å². The zero-order valence-corrected chi connectivity index (χ0v) is 23.0. The topological polar surface area (TPSA) is 0 Å². The first kappa shape index (κ1) is 31.7. The minimum absolute atomic E-state index is 1.29. The second-order valence-corrected chi connectivity index (χ2v) is 10.7. The largest absolute Gasteiger partial charge is 0.0999 e. The number of hydrogen-bond donors (Lipinski definition) is 0. The Balaban J connectivity index is 3.12. The first-order chi connectivity index (χ1) is 15.8. The van der Waals surface area contributed by atoms with E-state index in [1.54, 1.807) is 0 Å². The maximum atomic E-state index is 4.33. The molecule has 0 heteroatoms. The number of hydrogen-bond acceptors (Lipinski definition) is 0. The molecule has 0 aliphatic heterocycles. The molecule has 0 aliphatic rings. The van der Waals surface area contributed by atoms with Crippen molar-refractivity contribution in [3.8, 4) is 0 Å². The molecule has 0 aromatic rings. The van der Waals surface area contributed by atoms with Crippen molar-refractivity contribution in [3.63, 3.8) is 0 Å². The maximum absolute atomic E-state index is 4.33. The van der Waals surface area contributed by atoms with Crippen LogP contribution in [0.15, 0.2) is 12.2 Å². The van der Waals surface area contributed by atoms with E-state index in [9.17, 15) is 0 Å². The van der Waals surface area contributed by atoms with Crippen LogP contribution in [-0.4, -0.2) is 0 Å². The first-order valence-electron chi connectivity index (χ1n) is 15.5. The lowest BCUT2D eigenvalue weighted by atomic mass is 10.00. The van der Waals surface area contributed by atoms with Gasteiger partial charge in [0.05, 0.1) is 0 Å². The van der Waals surface area contributed by atoms with E-state index in [1.807, 2.05) is 0 Å². The third-order valence-corrected chi connectivity index (χ3v) is 7.27. The minimum atomic E-state index is 1.29. The summed E-state index contributed by atoms with van der Waals surface area (Å²) in [6.07, 6.45) is 40.2. The van der Waals surface area contributed by atoms with Gasteiger partial charge in [-0.25, -0.2) is 0 Å². The zero-order valence-electron chi connectivity index (χ0n) is 23.0. The lowest BCUT2D eigenvalue weighted by molar-refractivity contribution is 0.526. The van der Waals surface area contributed by atoms with E-state index < -0.39 is 0 Å². The molecule has 0 bridgehead atoms. The van der Waals surface area contributed by atoms with Gasteiger partial charge in [-0.1, -0.05) is 180 Å². The maximum Gasteiger partial charge on any atom is -0.0323 e. The zero-order chi connectivity index (χ0) is 23.4. The molecule has 0 N–H and O–H groups in total. The average molecular weight is 449 g/mol. The van der Waals surface area contributed by atoms with Gasteiger partial charge in [-0.2, -0.15) is 0 Å². The summed E-state index contributed by atoms with van der Waals surface area (Å²) in [5.74, 6) is 0. The monoisotopic (exact) mass is 449 g/mol. The Kier molecular flexibility index (Phi) is 28.5. The molecule has 0 aromatic heterocycles. The highest BCUT2D eigenvalue weighted by molar-refractivity contribution is 4.93. The van der Waals surface area contributed by atoms with Crippen LogP contribution in [0.1, 0.15) is 194 Å². The van der Waals surface area contributed by atoms with E-state index in [4.69, 9.17) is 0 Å². The molecule has 0 radical (unpaired) electrons. The summed E-state index contributed by atoms with van der Waals surface area (Å²) in [6, 6.07) is 0. The Bertz CT molecular complexity index is 342. The average Bonchev–Trinajstić information content (AvgIpc) is 2.80. The first-order valence-corrected chi connectivity index (χ1v) is 15.5. The Hall–Kier alpha value is -0.260. The van der Waals surface area contributed by atoms with E-state index in [1.165, 1.54) is 185 Å². The molecule has 0 unspecified atom stereocenters. The van der Waals surface area contributed by atoms with Crippen molar-refractivity contribution >= 4 is 0 Å². The molecule has 0 atom stereocenters. The fourth-order valence-electron chi connectivity index (χ4n) is 4.91. The predicted molar refractivity (Wildman–Crippen MR) is 150 cm³/mol. The molecule has 32 heavy (non-hydrogen) atoms. The molecule has 0 fully saturated rings. The van der Waals surface area contributed by atoms with Gasteiger partial charge in [-0.15, -0.1) is 0 Å². The van der Waals surface area contributed by atoms with Crippen LogP contribution in [0.4, 0.5) is 0 Å². The van der Waals surface area contributed by atoms with Crippen LogP contribution < -0.4 is 0 Å². The van der Waals surface area contributed by atoms with Gasteiger partial charge in [-0.3, -0.25) is 0 Å². The van der Waals surface area contributed by atoms with E-state index in [2.05, 4.69) is 20.4 Å². The minimum Gasteiger partial charge on any atom is -0.0999 e. The van der Waals surface area contributed by atoms with E-state index in [0.29, 0.717) is 0 Å². The van der Waals surface area contributed by atoms with Gasteiger partial charge in [0.25, 0.3) is 0 Å². The molecular formula is C32H64. The summed E-state index contributed by atoms with van der Waals surface area (Å²) >= 11 is 0. The van der Waals surface area contributed by atoms with Crippen molar-refractivity contribution in [1.29, 1.82) is 0 Å². The summed E-state index contributed by atoms with van der Waals surface area (Å²) in [5, 5.41) is 0. The molecule has 0 spiro atoms. The molecule has 192 valence electrons. The van der Waals surface area contributed by atoms with Gasteiger partial charge in [0.2, 0.25) is 0 Å². The van der Waals surface area contributed by atoms with Crippen LogP contribution in [0.2, 0.25) is 0 Å². The van der Waals surface area contributed by atoms with Crippen molar-refractivity contribution in [2.45, 2.75) is 194 Å². The van der Waals surface area contributed by atoms with Gasteiger partial charge in [0, 0.05) is 0 Å². The van der Waals surface area contributed by atoms with Gasteiger partial charge in [-0.05, 0) is 25.7 Å². The van der Waals surface area contributed by atoms with Crippen molar-refractivity contribution < 1.29 is 0 Å². The lowest BCUT2D eigenvalue weighted by Crippen LogP contribution is -1.87. The van der Waals surface area contributed by atoms with Crippen LogP contribution in [0.5, 0.6) is 0 Å².